The van der Waals surface area contributed by atoms with Crippen LogP contribution in [0.4, 0.5) is 0 Å². The molecule has 0 aliphatic rings. The second-order valence-corrected chi connectivity index (χ2v) is 3.79. The molecule has 1 heterocycles. The number of benzene rings is 1. The zero-order valence-electron chi connectivity index (χ0n) is 12.4. The van der Waals surface area contributed by atoms with Crippen molar-refractivity contribution in [2.24, 2.45) is 0 Å². The van der Waals surface area contributed by atoms with Crippen LogP contribution in [0.2, 0.25) is 0 Å². The summed E-state index contributed by atoms with van der Waals surface area (Å²) in [6.45, 7) is 12.2. The Morgan fingerprint density at radius 3 is 2.11 bits per heavy atom. The summed E-state index contributed by atoms with van der Waals surface area (Å²) >= 11 is 0. The van der Waals surface area contributed by atoms with E-state index in [0.29, 0.717) is 5.92 Å². The minimum Gasteiger partial charge on any atom is -0.325 e. The first-order chi connectivity index (χ1) is 8.68. The van der Waals surface area contributed by atoms with Crippen LogP contribution < -0.4 is 5.56 Å². The van der Waals surface area contributed by atoms with Gasteiger partial charge in [-0.25, -0.2) is 0 Å². The van der Waals surface area contributed by atoms with E-state index in [1.807, 2.05) is 52.0 Å². The number of H-pyrrole nitrogens is 1. The van der Waals surface area contributed by atoms with E-state index in [2.05, 4.69) is 18.8 Å². The topological polar surface area (TPSA) is 32.9 Å². The number of nitrogens with one attached hydrogen (secondary N) is 1. The Labute approximate surface area is 110 Å². The third-order valence-corrected chi connectivity index (χ3v) is 2.37. The zero-order valence-corrected chi connectivity index (χ0v) is 12.4. The molecule has 0 saturated heterocycles. The average Bonchev–Trinajstić information content (AvgIpc) is 2.42. The van der Waals surface area contributed by atoms with E-state index in [9.17, 15) is 4.79 Å². The van der Waals surface area contributed by atoms with Crippen LogP contribution in [0.15, 0.2) is 35.1 Å². The molecule has 0 aliphatic heterocycles. The van der Waals surface area contributed by atoms with Gasteiger partial charge < -0.3 is 4.98 Å². The highest BCUT2D eigenvalue weighted by Gasteiger charge is 2.05. The van der Waals surface area contributed by atoms with Gasteiger partial charge in [0.2, 0.25) is 5.56 Å². The largest absolute Gasteiger partial charge is 0.325 e. The number of aromatic nitrogens is 1. The van der Waals surface area contributed by atoms with Gasteiger partial charge >= 0.3 is 0 Å². The summed E-state index contributed by atoms with van der Waals surface area (Å²) in [5, 5.41) is 2.15. The molecule has 100 valence electrons. The summed E-state index contributed by atoms with van der Waals surface area (Å²) in [5.41, 5.74) is 1.00. The molecule has 1 N–H and O–H groups in total. The quantitative estimate of drug-likeness (QED) is 0.778. The number of aromatic amines is 1. The lowest BCUT2D eigenvalue weighted by Gasteiger charge is -2.08. The summed E-state index contributed by atoms with van der Waals surface area (Å²) in [6, 6.07) is 9.59. The monoisotopic (exact) mass is 247 g/mol. The van der Waals surface area contributed by atoms with Gasteiger partial charge in [0.1, 0.15) is 0 Å². The molecule has 2 aromatic rings. The zero-order chi connectivity index (χ0) is 14.1. The molecule has 0 atom stereocenters. The van der Waals surface area contributed by atoms with Crippen molar-refractivity contribution in [1.29, 1.82) is 0 Å². The fourth-order valence-electron chi connectivity index (χ4n) is 1.70. The Hall–Kier alpha value is -1.57. The maximum atomic E-state index is 11.4. The summed E-state index contributed by atoms with van der Waals surface area (Å²) in [6.07, 6.45) is 0. The molecule has 0 spiro atoms. The summed E-state index contributed by atoms with van der Waals surface area (Å²) in [7, 11) is 0. The molecule has 2 nitrogen and oxygen atoms in total. The predicted molar refractivity (Wildman–Crippen MR) is 81.4 cm³/mol. The fourth-order valence-corrected chi connectivity index (χ4v) is 1.70. The van der Waals surface area contributed by atoms with Gasteiger partial charge in [0.05, 0.1) is 0 Å². The standard InChI is InChI=1S/C12H13NO.2C2H6/c1-8(2)12-10-6-4-3-5-9(10)7-11(14)13-12;2*1-2/h3-8H,1-2H3,(H,13,14);2*1-2H3. The van der Waals surface area contributed by atoms with E-state index in [4.69, 9.17) is 0 Å². The van der Waals surface area contributed by atoms with Crippen LogP contribution in [0.5, 0.6) is 0 Å². The maximum absolute atomic E-state index is 11.4. The van der Waals surface area contributed by atoms with Crippen molar-refractivity contribution in [2.45, 2.75) is 47.5 Å². The van der Waals surface area contributed by atoms with E-state index >= 15 is 0 Å². The predicted octanol–water partition coefficient (Wildman–Crippen LogP) is 4.70. The van der Waals surface area contributed by atoms with E-state index in [1.54, 1.807) is 6.07 Å². The van der Waals surface area contributed by atoms with E-state index in [1.165, 1.54) is 0 Å². The van der Waals surface area contributed by atoms with Gasteiger partial charge in [0.25, 0.3) is 0 Å². The number of hydrogen-bond donors (Lipinski definition) is 1. The van der Waals surface area contributed by atoms with Crippen LogP contribution in [0.1, 0.15) is 53.2 Å². The van der Waals surface area contributed by atoms with Crippen molar-refractivity contribution >= 4 is 10.8 Å². The number of rotatable bonds is 1. The molecule has 18 heavy (non-hydrogen) atoms. The average molecular weight is 247 g/mol. The third-order valence-electron chi connectivity index (χ3n) is 2.37. The summed E-state index contributed by atoms with van der Waals surface area (Å²) < 4.78 is 0. The minimum atomic E-state index is -0.0209. The first-order valence-electron chi connectivity index (χ1n) is 6.80. The molecule has 1 aromatic heterocycles. The Kier molecular flexibility index (Phi) is 7.77. The lowest BCUT2D eigenvalue weighted by molar-refractivity contribution is 0.828. The van der Waals surface area contributed by atoms with Crippen molar-refractivity contribution in [3.8, 4) is 0 Å². The summed E-state index contributed by atoms with van der Waals surface area (Å²) in [4.78, 5) is 14.2. The smallest absolute Gasteiger partial charge is 0.248 e. The Balaban J connectivity index is 0.000000659. The molecule has 2 rings (SSSR count). The summed E-state index contributed by atoms with van der Waals surface area (Å²) in [5.74, 6) is 0.341. The van der Waals surface area contributed by atoms with Gasteiger partial charge in [-0.05, 0) is 11.3 Å². The molecule has 0 saturated carbocycles. The van der Waals surface area contributed by atoms with Crippen molar-refractivity contribution in [2.75, 3.05) is 0 Å². The van der Waals surface area contributed by atoms with Crippen LogP contribution in [-0.2, 0) is 0 Å². The molecule has 0 aliphatic carbocycles. The number of fused-ring (bicyclic) bond motifs is 1. The highest BCUT2D eigenvalue weighted by atomic mass is 16.1. The van der Waals surface area contributed by atoms with Crippen LogP contribution in [-0.4, -0.2) is 4.98 Å². The fraction of sp³-hybridized carbons (Fsp3) is 0.438. The Bertz CT molecular complexity index is 512. The van der Waals surface area contributed by atoms with Crippen LogP contribution in [0, 0.1) is 0 Å². The van der Waals surface area contributed by atoms with E-state index in [-0.39, 0.29) is 5.56 Å². The van der Waals surface area contributed by atoms with Crippen molar-refractivity contribution < 1.29 is 0 Å². The Morgan fingerprint density at radius 2 is 1.56 bits per heavy atom. The highest BCUT2D eigenvalue weighted by Crippen LogP contribution is 2.20. The molecular weight excluding hydrogens is 222 g/mol. The SMILES string of the molecule is CC.CC.CC(C)c1[nH]c(=O)cc2ccccc12. The van der Waals surface area contributed by atoms with E-state index < -0.39 is 0 Å². The van der Waals surface area contributed by atoms with Gasteiger partial charge in [-0.3, -0.25) is 4.79 Å². The lowest BCUT2D eigenvalue weighted by Crippen LogP contribution is -2.08. The molecule has 0 unspecified atom stereocenters. The molecule has 0 amide bonds. The highest BCUT2D eigenvalue weighted by molar-refractivity contribution is 5.84. The lowest BCUT2D eigenvalue weighted by atomic mass is 10.0. The molecule has 0 bridgehead atoms. The van der Waals surface area contributed by atoms with Gasteiger partial charge in [-0.2, -0.15) is 0 Å². The first-order valence-corrected chi connectivity index (χ1v) is 6.80. The molecular formula is C16H25NO. The molecule has 0 radical (unpaired) electrons. The van der Waals surface area contributed by atoms with Gasteiger partial charge in [-0.1, -0.05) is 65.8 Å². The number of pyridine rings is 1. The van der Waals surface area contributed by atoms with Crippen molar-refractivity contribution in [3.63, 3.8) is 0 Å². The van der Waals surface area contributed by atoms with Gasteiger partial charge in [-0.15, -0.1) is 0 Å². The normalized spacial score (nSPS) is 9.28. The first kappa shape index (κ1) is 16.4. The van der Waals surface area contributed by atoms with Crippen LogP contribution in [0.25, 0.3) is 10.8 Å². The van der Waals surface area contributed by atoms with Crippen molar-refractivity contribution in [3.05, 3.63) is 46.4 Å². The van der Waals surface area contributed by atoms with Gasteiger partial charge in [0.15, 0.2) is 0 Å². The van der Waals surface area contributed by atoms with Crippen molar-refractivity contribution in [1.82, 2.24) is 4.98 Å². The van der Waals surface area contributed by atoms with E-state index in [0.717, 1.165) is 16.5 Å². The minimum absolute atomic E-state index is 0.0209. The molecule has 1 aromatic carbocycles. The Morgan fingerprint density at radius 1 is 1.00 bits per heavy atom. The second kappa shape index (κ2) is 8.51. The molecule has 2 heteroatoms. The van der Waals surface area contributed by atoms with Gasteiger partial charge in [0, 0.05) is 17.1 Å². The third kappa shape index (κ3) is 4.02. The molecule has 0 fully saturated rings. The van der Waals surface area contributed by atoms with Crippen LogP contribution >= 0.6 is 0 Å². The number of hydrogen-bond acceptors (Lipinski definition) is 1. The second-order valence-electron chi connectivity index (χ2n) is 3.79. The van der Waals surface area contributed by atoms with Crippen LogP contribution in [0.3, 0.4) is 0 Å². The maximum Gasteiger partial charge on any atom is 0.248 e.